The fourth-order valence-electron chi connectivity index (χ4n) is 2.46. The van der Waals surface area contributed by atoms with Crippen molar-refractivity contribution >= 4 is 17.5 Å². The smallest absolute Gasteiger partial charge is 0.253 e. The number of benzene rings is 1. The highest BCUT2D eigenvalue weighted by Crippen LogP contribution is 2.22. The van der Waals surface area contributed by atoms with Crippen LogP contribution < -0.4 is 10.6 Å². The van der Waals surface area contributed by atoms with E-state index >= 15 is 0 Å². The first-order chi connectivity index (χ1) is 8.97. The molecule has 1 amide bonds. The fraction of sp³-hybridized carbons (Fsp3) is 0.500. The summed E-state index contributed by atoms with van der Waals surface area (Å²) in [6.45, 7) is 4.20. The predicted octanol–water partition coefficient (Wildman–Crippen LogP) is 2.30. The summed E-state index contributed by atoms with van der Waals surface area (Å²) in [5.41, 5.74) is 0.312. The molecule has 1 aromatic rings. The van der Waals surface area contributed by atoms with Gasteiger partial charge in [0.1, 0.15) is 5.75 Å². The maximum absolute atomic E-state index is 12.2. The standard InChI is InChI=1S/C14H19ClN2O2/c1-8-3-6-13(9(2)16-8)17-14(19)11-7-10(18)4-5-12(11)15/h4-5,7-9,13,16,18H,3,6H2,1-2H3,(H,17,19). The molecule has 0 bridgehead atoms. The van der Waals surface area contributed by atoms with Gasteiger partial charge in [-0.05, 0) is 44.9 Å². The van der Waals surface area contributed by atoms with Crippen LogP contribution in [0.25, 0.3) is 0 Å². The summed E-state index contributed by atoms with van der Waals surface area (Å²) in [4.78, 5) is 12.2. The van der Waals surface area contributed by atoms with Crippen LogP contribution in [0.4, 0.5) is 0 Å². The molecule has 1 heterocycles. The number of phenols is 1. The molecule has 0 spiro atoms. The Morgan fingerprint density at radius 2 is 2.16 bits per heavy atom. The number of nitrogens with one attached hydrogen (secondary N) is 2. The molecule has 3 unspecified atom stereocenters. The summed E-state index contributed by atoms with van der Waals surface area (Å²) in [6, 6.07) is 5.17. The maximum atomic E-state index is 12.2. The summed E-state index contributed by atoms with van der Waals surface area (Å²) in [6.07, 6.45) is 1.97. The van der Waals surface area contributed by atoms with Crippen molar-refractivity contribution in [1.29, 1.82) is 0 Å². The quantitative estimate of drug-likeness (QED) is 0.780. The molecule has 1 saturated heterocycles. The molecule has 1 fully saturated rings. The van der Waals surface area contributed by atoms with Crippen molar-refractivity contribution in [2.75, 3.05) is 0 Å². The van der Waals surface area contributed by atoms with Gasteiger partial charge in [0, 0.05) is 18.1 Å². The monoisotopic (exact) mass is 282 g/mol. The van der Waals surface area contributed by atoms with E-state index in [1.165, 1.54) is 18.2 Å². The minimum atomic E-state index is -0.242. The fourth-order valence-corrected chi connectivity index (χ4v) is 2.66. The zero-order valence-corrected chi connectivity index (χ0v) is 11.9. The number of hydrogen-bond donors (Lipinski definition) is 3. The van der Waals surface area contributed by atoms with E-state index in [1.807, 2.05) is 0 Å². The molecule has 104 valence electrons. The van der Waals surface area contributed by atoms with Gasteiger partial charge in [-0.15, -0.1) is 0 Å². The van der Waals surface area contributed by atoms with Gasteiger partial charge in [0.15, 0.2) is 0 Å². The second kappa shape index (κ2) is 5.80. The Morgan fingerprint density at radius 1 is 1.42 bits per heavy atom. The number of amides is 1. The SMILES string of the molecule is CC1CCC(NC(=O)c2cc(O)ccc2Cl)C(C)N1. The van der Waals surface area contributed by atoms with Crippen LogP contribution in [-0.2, 0) is 0 Å². The minimum Gasteiger partial charge on any atom is -0.508 e. The van der Waals surface area contributed by atoms with Gasteiger partial charge in [-0.3, -0.25) is 4.79 Å². The molecule has 2 rings (SSSR count). The number of carbonyl (C=O) groups is 1. The molecular weight excluding hydrogens is 264 g/mol. The lowest BCUT2D eigenvalue weighted by Gasteiger charge is -2.34. The number of rotatable bonds is 2. The third-order valence-corrected chi connectivity index (χ3v) is 3.90. The first kappa shape index (κ1) is 14.2. The molecule has 1 aliphatic rings. The predicted molar refractivity (Wildman–Crippen MR) is 75.7 cm³/mol. The zero-order chi connectivity index (χ0) is 14.0. The molecule has 1 aromatic carbocycles. The van der Waals surface area contributed by atoms with Crippen LogP contribution in [0.1, 0.15) is 37.0 Å². The van der Waals surface area contributed by atoms with Gasteiger partial charge >= 0.3 is 0 Å². The van der Waals surface area contributed by atoms with Gasteiger partial charge in [-0.2, -0.15) is 0 Å². The van der Waals surface area contributed by atoms with E-state index in [0.717, 1.165) is 12.8 Å². The number of carbonyl (C=O) groups excluding carboxylic acids is 1. The molecular formula is C14H19ClN2O2. The Morgan fingerprint density at radius 3 is 2.84 bits per heavy atom. The van der Waals surface area contributed by atoms with Crippen LogP contribution in [0.2, 0.25) is 5.02 Å². The Bertz CT molecular complexity index is 479. The van der Waals surface area contributed by atoms with E-state index in [-0.39, 0.29) is 23.7 Å². The average molecular weight is 283 g/mol. The average Bonchev–Trinajstić information content (AvgIpc) is 2.35. The molecule has 0 saturated carbocycles. The number of phenolic OH excluding ortho intramolecular Hbond substituents is 1. The van der Waals surface area contributed by atoms with Crippen molar-refractivity contribution in [1.82, 2.24) is 10.6 Å². The Kier molecular flexibility index (Phi) is 4.32. The van der Waals surface area contributed by atoms with Gasteiger partial charge in [-0.25, -0.2) is 0 Å². The zero-order valence-electron chi connectivity index (χ0n) is 11.1. The second-order valence-electron chi connectivity index (χ2n) is 5.18. The molecule has 4 nitrogen and oxygen atoms in total. The number of hydrogen-bond acceptors (Lipinski definition) is 3. The highest BCUT2D eigenvalue weighted by molar-refractivity contribution is 6.33. The largest absolute Gasteiger partial charge is 0.508 e. The van der Waals surface area contributed by atoms with Crippen molar-refractivity contribution < 1.29 is 9.90 Å². The lowest BCUT2D eigenvalue weighted by Crippen LogP contribution is -2.54. The second-order valence-corrected chi connectivity index (χ2v) is 5.59. The van der Waals surface area contributed by atoms with Gasteiger partial charge in [0.05, 0.1) is 10.6 Å². The topological polar surface area (TPSA) is 61.4 Å². The van der Waals surface area contributed by atoms with Crippen LogP contribution in [0.3, 0.4) is 0 Å². The van der Waals surface area contributed by atoms with Crippen LogP contribution >= 0.6 is 11.6 Å². The molecule has 19 heavy (non-hydrogen) atoms. The Hall–Kier alpha value is -1.26. The Balaban J connectivity index is 2.06. The summed E-state index contributed by atoms with van der Waals surface area (Å²) in [5, 5.41) is 16.2. The summed E-state index contributed by atoms with van der Waals surface area (Å²) in [5.74, 6) is -0.202. The van der Waals surface area contributed by atoms with E-state index in [2.05, 4.69) is 24.5 Å². The normalized spacial score (nSPS) is 27.0. The number of aromatic hydroxyl groups is 1. The third kappa shape index (κ3) is 3.39. The first-order valence-corrected chi connectivity index (χ1v) is 6.90. The van der Waals surface area contributed by atoms with E-state index in [1.54, 1.807) is 0 Å². The van der Waals surface area contributed by atoms with Crippen LogP contribution in [0.15, 0.2) is 18.2 Å². The summed E-state index contributed by atoms with van der Waals surface area (Å²) < 4.78 is 0. The van der Waals surface area contributed by atoms with Crippen molar-refractivity contribution in [3.63, 3.8) is 0 Å². The van der Waals surface area contributed by atoms with Gasteiger partial charge in [0.25, 0.3) is 5.91 Å². The van der Waals surface area contributed by atoms with Crippen molar-refractivity contribution in [2.45, 2.75) is 44.8 Å². The maximum Gasteiger partial charge on any atom is 0.253 e. The van der Waals surface area contributed by atoms with Crippen molar-refractivity contribution in [2.24, 2.45) is 0 Å². The molecule has 3 atom stereocenters. The van der Waals surface area contributed by atoms with Crippen LogP contribution in [0, 0.1) is 0 Å². The minimum absolute atomic E-state index is 0.0398. The first-order valence-electron chi connectivity index (χ1n) is 6.53. The van der Waals surface area contributed by atoms with Crippen LogP contribution in [0.5, 0.6) is 5.75 Å². The lowest BCUT2D eigenvalue weighted by atomic mass is 9.95. The lowest BCUT2D eigenvalue weighted by molar-refractivity contribution is 0.0914. The molecule has 3 N–H and O–H groups in total. The summed E-state index contributed by atoms with van der Waals surface area (Å²) >= 11 is 5.98. The number of piperidine rings is 1. The van der Waals surface area contributed by atoms with E-state index in [4.69, 9.17) is 11.6 Å². The Labute approximate surface area is 118 Å². The van der Waals surface area contributed by atoms with Crippen molar-refractivity contribution in [3.8, 4) is 5.75 Å². The van der Waals surface area contributed by atoms with Gasteiger partial charge in [0.2, 0.25) is 0 Å². The van der Waals surface area contributed by atoms with E-state index in [0.29, 0.717) is 16.6 Å². The molecule has 0 aliphatic carbocycles. The highest BCUT2D eigenvalue weighted by atomic mass is 35.5. The van der Waals surface area contributed by atoms with E-state index in [9.17, 15) is 9.90 Å². The van der Waals surface area contributed by atoms with Crippen molar-refractivity contribution in [3.05, 3.63) is 28.8 Å². The molecule has 0 radical (unpaired) electrons. The van der Waals surface area contributed by atoms with Gasteiger partial charge < -0.3 is 15.7 Å². The highest BCUT2D eigenvalue weighted by Gasteiger charge is 2.26. The molecule has 5 heteroatoms. The third-order valence-electron chi connectivity index (χ3n) is 3.57. The van der Waals surface area contributed by atoms with Gasteiger partial charge in [-0.1, -0.05) is 11.6 Å². The molecule has 1 aliphatic heterocycles. The molecule has 0 aromatic heterocycles. The number of halogens is 1. The van der Waals surface area contributed by atoms with Crippen LogP contribution in [-0.4, -0.2) is 29.1 Å². The summed E-state index contributed by atoms with van der Waals surface area (Å²) in [7, 11) is 0. The van der Waals surface area contributed by atoms with E-state index < -0.39 is 0 Å².